The fourth-order valence-corrected chi connectivity index (χ4v) is 2.87. The number of likely N-dealkylation sites (tertiary alicyclic amines) is 1. The third-order valence-electron chi connectivity index (χ3n) is 3.47. The van der Waals surface area contributed by atoms with Crippen molar-refractivity contribution in [2.45, 2.75) is 18.4 Å². The van der Waals surface area contributed by atoms with E-state index in [2.05, 4.69) is 4.90 Å². The number of piperidine rings is 1. The molecule has 0 unspecified atom stereocenters. The molecule has 2 rings (SSSR count). The van der Waals surface area contributed by atoms with E-state index in [1.807, 2.05) is 7.05 Å². The predicted octanol–water partition coefficient (Wildman–Crippen LogP) is 0.584. The maximum Gasteiger partial charge on any atom is 0.324 e. The minimum Gasteiger partial charge on any atom is -0.480 e. The smallest absolute Gasteiger partial charge is 0.324 e. The van der Waals surface area contributed by atoms with Crippen LogP contribution < -0.4 is 5.73 Å². The van der Waals surface area contributed by atoms with Crippen LogP contribution in [0.25, 0.3) is 0 Å². The maximum absolute atomic E-state index is 11.0. The summed E-state index contributed by atoms with van der Waals surface area (Å²) in [5.41, 5.74) is 4.97. The summed E-state index contributed by atoms with van der Waals surface area (Å²) >= 11 is 0. The van der Waals surface area contributed by atoms with Gasteiger partial charge in [-0.2, -0.15) is 0 Å². The fourth-order valence-electron chi connectivity index (χ4n) is 2.87. The number of hydrogen-bond acceptors (Lipinski definition) is 3. The van der Waals surface area contributed by atoms with Gasteiger partial charge in [0.2, 0.25) is 0 Å². The van der Waals surface area contributed by atoms with Crippen LogP contribution in [0.3, 0.4) is 0 Å². The predicted molar refractivity (Wildman–Crippen MR) is 62.8 cm³/mol. The third-order valence-corrected chi connectivity index (χ3v) is 3.47. The Labute approximate surface area is 102 Å². The number of nitrogens with zero attached hydrogens (tertiary/aromatic N) is 1. The van der Waals surface area contributed by atoms with Crippen molar-refractivity contribution in [1.29, 1.82) is 0 Å². The van der Waals surface area contributed by atoms with E-state index in [4.69, 9.17) is 10.8 Å². The second-order valence-corrected chi connectivity index (χ2v) is 4.57. The molecule has 1 saturated carbocycles. The van der Waals surface area contributed by atoms with Gasteiger partial charge in [0.15, 0.2) is 0 Å². The van der Waals surface area contributed by atoms with Gasteiger partial charge in [-0.25, -0.2) is 0 Å². The van der Waals surface area contributed by atoms with E-state index in [0.717, 1.165) is 19.5 Å². The van der Waals surface area contributed by atoms with E-state index >= 15 is 0 Å². The highest BCUT2D eigenvalue weighted by Crippen LogP contribution is 2.42. The molecule has 4 nitrogen and oxygen atoms in total. The van der Waals surface area contributed by atoms with Crippen LogP contribution in [-0.2, 0) is 4.79 Å². The van der Waals surface area contributed by atoms with E-state index in [9.17, 15) is 4.79 Å². The van der Waals surface area contributed by atoms with E-state index in [1.165, 1.54) is 0 Å². The molecule has 3 N–H and O–H groups in total. The molecule has 0 amide bonds. The van der Waals surface area contributed by atoms with Crippen molar-refractivity contribution in [3.8, 4) is 0 Å². The SMILES string of the molecule is CN1C[C@@H]2C[C@H](C1)[C@](N)(C(=O)O)C2.Cl.Cl. The molecule has 90 valence electrons. The molecule has 1 aliphatic heterocycles. The molecule has 0 aromatic carbocycles. The Morgan fingerprint density at radius 2 is 2.07 bits per heavy atom. The number of fused-ring (bicyclic) bond motifs is 2. The fraction of sp³-hybridized carbons (Fsp3) is 0.889. The van der Waals surface area contributed by atoms with Gasteiger partial charge in [0.05, 0.1) is 0 Å². The Kier molecular flexibility index (Phi) is 4.86. The largest absolute Gasteiger partial charge is 0.480 e. The lowest BCUT2D eigenvalue weighted by Gasteiger charge is -2.31. The summed E-state index contributed by atoms with van der Waals surface area (Å²) in [6.07, 6.45) is 1.64. The normalized spacial score (nSPS) is 39.1. The van der Waals surface area contributed by atoms with Gasteiger partial charge < -0.3 is 15.7 Å². The van der Waals surface area contributed by atoms with Crippen molar-refractivity contribution in [2.24, 2.45) is 17.6 Å². The van der Waals surface area contributed by atoms with Crippen molar-refractivity contribution in [2.75, 3.05) is 20.1 Å². The number of carboxylic acid groups (broad SMARTS) is 1. The zero-order valence-electron chi connectivity index (χ0n) is 8.68. The number of hydrogen-bond donors (Lipinski definition) is 2. The highest BCUT2D eigenvalue weighted by molar-refractivity contribution is 5.85. The van der Waals surface area contributed by atoms with Crippen molar-refractivity contribution in [1.82, 2.24) is 4.90 Å². The molecule has 2 aliphatic rings. The van der Waals surface area contributed by atoms with Gasteiger partial charge in [-0.05, 0) is 25.8 Å². The molecule has 0 spiro atoms. The molecule has 2 fully saturated rings. The Hall–Kier alpha value is -0.0300. The van der Waals surface area contributed by atoms with Gasteiger partial charge >= 0.3 is 5.97 Å². The average molecular weight is 257 g/mol. The van der Waals surface area contributed by atoms with Crippen LogP contribution in [0.2, 0.25) is 0 Å². The summed E-state index contributed by atoms with van der Waals surface area (Å²) in [6.45, 7) is 1.84. The number of aliphatic carboxylic acids is 1. The summed E-state index contributed by atoms with van der Waals surface area (Å²) in [7, 11) is 2.03. The Morgan fingerprint density at radius 3 is 2.60 bits per heavy atom. The number of nitrogens with two attached hydrogens (primary N) is 1. The first-order valence-electron chi connectivity index (χ1n) is 4.73. The minimum atomic E-state index is -0.949. The lowest BCUT2D eigenvalue weighted by Crippen LogP contribution is -2.53. The molecule has 1 saturated heterocycles. The average Bonchev–Trinajstić information content (AvgIpc) is 2.24. The highest BCUT2D eigenvalue weighted by Gasteiger charge is 2.52. The molecule has 6 heteroatoms. The number of carbonyl (C=O) groups is 1. The quantitative estimate of drug-likeness (QED) is 0.721. The third kappa shape index (κ3) is 2.38. The lowest BCUT2D eigenvalue weighted by atomic mass is 9.88. The first kappa shape index (κ1) is 15.0. The molecule has 1 aliphatic carbocycles. The van der Waals surface area contributed by atoms with Gasteiger partial charge in [-0.3, -0.25) is 4.79 Å². The van der Waals surface area contributed by atoms with Crippen LogP contribution in [0.5, 0.6) is 0 Å². The van der Waals surface area contributed by atoms with Gasteiger partial charge in [-0.1, -0.05) is 0 Å². The first-order chi connectivity index (χ1) is 6.02. The summed E-state index contributed by atoms with van der Waals surface area (Å²) in [5.74, 6) is -0.186. The lowest BCUT2D eigenvalue weighted by molar-refractivity contribution is -0.144. The van der Waals surface area contributed by atoms with E-state index in [-0.39, 0.29) is 30.7 Å². The molecule has 2 bridgehead atoms. The summed E-state index contributed by atoms with van der Waals surface area (Å²) < 4.78 is 0. The van der Waals surface area contributed by atoms with Crippen LogP contribution in [0.15, 0.2) is 0 Å². The zero-order valence-corrected chi connectivity index (χ0v) is 10.3. The monoisotopic (exact) mass is 256 g/mol. The van der Waals surface area contributed by atoms with Crippen LogP contribution in [0.1, 0.15) is 12.8 Å². The van der Waals surface area contributed by atoms with Gasteiger partial charge in [0.25, 0.3) is 0 Å². The zero-order chi connectivity index (χ0) is 9.64. The second-order valence-electron chi connectivity index (χ2n) is 4.57. The highest BCUT2D eigenvalue weighted by atomic mass is 35.5. The Balaban J connectivity index is 0.000000980. The first-order valence-corrected chi connectivity index (χ1v) is 4.73. The molecular formula is C9H18Cl2N2O2. The number of halogens is 2. The maximum atomic E-state index is 11.0. The van der Waals surface area contributed by atoms with Crippen molar-refractivity contribution >= 4 is 30.8 Å². The Morgan fingerprint density at radius 1 is 1.47 bits per heavy atom. The van der Waals surface area contributed by atoms with E-state index in [1.54, 1.807) is 0 Å². The van der Waals surface area contributed by atoms with Crippen LogP contribution >= 0.6 is 24.8 Å². The molecular weight excluding hydrogens is 239 g/mol. The minimum absolute atomic E-state index is 0. The second kappa shape index (κ2) is 4.87. The molecule has 3 atom stereocenters. The molecule has 0 aromatic rings. The van der Waals surface area contributed by atoms with Crippen LogP contribution in [-0.4, -0.2) is 41.7 Å². The van der Waals surface area contributed by atoms with Crippen LogP contribution in [0, 0.1) is 11.8 Å². The van der Waals surface area contributed by atoms with E-state index in [0.29, 0.717) is 12.3 Å². The number of rotatable bonds is 1. The molecule has 0 aromatic heterocycles. The van der Waals surface area contributed by atoms with Gasteiger partial charge in [0.1, 0.15) is 5.54 Å². The summed E-state index contributed by atoms with van der Waals surface area (Å²) in [6, 6.07) is 0. The number of carboxylic acids is 1. The summed E-state index contributed by atoms with van der Waals surface area (Å²) in [4.78, 5) is 13.2. The van der Waals surface area contributed by atoms with Crippen molar-refractivity contribution in [3.05, 3.63) is 0 Å². The Bertz CT molecular complexity index is 252. The van der Waals surface area contributed by atoms with Crippen LogP contribution in [0.4, 0.5) is 0 Å². The van der Waals surface area contributed by atoms with E-state index < -0.39 is 11.5 Å². The topological polar surface area (TPSA) is 66.6 Å². The van der Waals surface area contributed by atoms with Gasteiger partial charge in [0, 0.05) is 19.0 Å². The van der Waals surface area contributed by atoms with Gasteiger partial charge in [-0.15, -0.1) is 24.8 Å². The molecule has 15 heavy (non-hydrogen) atoms. The molecule has 1 heterocycles. The van der Waals surface area contributed by atoms with Crippen molar-refractivity contribution in [3.63, 3.8) is 0 Å². The van der Waals surface area contributed by atoms with Crippen molar-refractivity contribution < 1.29 is 9.90 Å². The molecule has 0 radical (unpaired) electrons. The summed E-state index contributed by atoms with van der Waals surface area (Å²) in [5, 5.41) is 9.06. The standard InChI is InChI=1S/C9H16N2O2.2ClH/c1-11-4-6-2-7(5-11)9(10,3-6)8(12)13;;/h6-7H,2-5,10H2,1H3,(H,12,13);2*1H/t6-,7-,9+;;/m1../s1.